The van der Waals surface area contributed by atoms with Crippen molar-refractivity contribution in [2.75, 3.05) is 6.54 Å². The zero-order chi connectivity index (χ0) is 13.3. The van der Waals surface area contributed by atoms with Crippen LogP contribution in [0.25, 0.3) is 0 Å². The summed E-state index contributed by atoms with van der Waals surface area (Å²) in [5.74, 6) is 0. The second kappa shape index (κ2) is 5.45. The van der Waals surface area contributed by atoms with Crippen LogP contribution in [0.2, 0.25) is 4.47 Å². The Morgan fingerprint density at radius 2 is 2.06 bits per heavy atom. The Balaban J connectivity index is 2.36. The molecule has 1 saturated carbocycles. The van der Waals surface area contributed by atoms with E-state index in [2.05, 4.69) is 4.98 Å². The van der Waals surface area contributed by atoms with Crippen molar-refractivity contribution in [1.29, 1.82) is 0 Å². The summed E-state index contributed by atoms with van der Waals surface area (Å²) in [7, 11) is -3.44. The van der Waals surface area contributed by atoms with Crippen LogP contribution in [0.1, 0.15) is 38.3 Å². The first-order chi connectivity index (χ1) is 8.46. The number of rotatable bonds is 4. The molecule has 0 bridgehead atoms. The van der Waals surface area contributed by atoms with Crippen LogP contribution in [-0.2, 0) is 10.0 Å². The van der Waals surface area contributed by atoms with E-state index >= 15 is 0 Å². The highest BCUT2D eigenvalue weighted by atomic mass is 35.5. The number of aryl methyl sites for hydroxylation is 1. The highest BCUT2D eigenvalue weighted by Gasteiger charge is 2.34. The van der Waals surface area contributed by atoms with Crippen LogP contribution < -0.4 is 0 Å². The summed E-state index contributed by atoms with van der Waals surface area (Å²) < 4.78 is 27.4. The Morgan fingerprint density at radius 3 is 2.50 bits per heavy atom. The second-order valence-corrected chi connectivity index (χ2v) is 8.15. The van der Waals surface area contributed by atoms with E-state index in [0.29, 0.717) is 16.4 Å². The summed E-state index contributed by atoms with van der Waals surface area (Å²) in [5, 5.41) is 0. The van der Waals surface area contributed by atoms with Crippen molar-refractivity contribution in [3.63, 3.8) is 0 Å². The van der Waals surface area contributed by atoms with E-state index in [1.54, 1.807) is 11.2 Å². The first kappa shape index (κ1) is 14.2. The fraction of sp³-hybridized carbons (Fsp3) is 0.727. The topological polar surface area (TPSA) is 50.3 Å². The summed E-state index contributed by atoms with van der Waals surface area (Å²) in [6, 6.07) is 0.139. The molecule has 0 amide bonds. The fourth-order valence-corrected chi connectivity index (χ4v) is 6.06. The Hall–Kier alpha value is -0.170. The molecule has 1 aliphatic rings. The summed E-state index contributed by atoms with van der Waals surface area (Å²) >= 11 is 6.85. The van der Waals surface area contributed by atoms with Gasteiger partial charge in [0.25, 0.3) is 10.0 Å². The van der Waals surface area contributed by atoms with Crippen LogP contribution >= 0.6 is 22.9 Å². The van der Waals surface area contributed by atoms with Crippen molar-refractivity contribution in [1.82, 2.24) is 9.29 Å². The lowest BCUT2D eigenvalue weighted by molar-refractivity contribution is 0.336. The van der Waals surface area contributed by atoms with E-state index < -0.39 is 10.0 Å². The quantitative estimate of drug-likeness (QED) is 0.859. The summed E-state index contributed by atoms with van der Waals surface area (Å²) in [5.41, 5.74) is 0.501. The Labute approximate surface area is 117 Å². The molecule has 4 nitrogen and oxygen atoms in total. The molecule has 1 heterocycles. The predicted octanol–water partition coefficient (Wildman–Crippen LogP) is 3.06. The van der Waals surface area contributed by atoms with Crippen molar-refractivity contribution in [2.24, 2.45) is 0 Å². The van der Waals surface area contributed by atoms with E-state index in [0.717, 1.165) is 37.0 Å². The highest BCUT2D eigenvalue weighted by molar-refractivity contribution is 7.91. The monoisotopic (exact) mass is 308 g/mol. The van der Waals surface area contributed by atoms with Crippen LogP contribution in [0.4, 0.5) is 0 Å². The third kappa shape index (κ3) is 2.57. The fourth-order valence-electron chi connectivity index (χ4n) is 2.51. The first-order valence-corrected chi connectivity index (χ1v) is 8.75. The molecule has 0 radical (unpaired) electrons. The minimum atomic E-state index is -3.44. The first-order valence-electron chi connectivity index (χ1n) is 6.11. The number of sulfonamides is 1. The molecule has 0 aliphatic heterocycles. The number of hydrogen-bond acceptors (Lipinski definition) is 4. The number of aromatic nitrogens is 1. The third-order valence-electron chi connectivity index (χ3n) is 3.31. The standard InChI is InChI=1S/C11H17ClN2O2S2/c1-3-14(9-6-4-5-7-9)18(15,16)10-8(2)13-11(12)17-10/h9H,3-7H2,1-2H3. The second-order valence-electron chi connectivity index (χ2n) is 4.49. The van der Waals surface area contributed by atoms with Gasteiger partial charge in [-0.2, -0.15) is 4.31 Å². The molecule has 1 aliphatic carbocycles. The normalized spacial score (nSPS) is 17.8. The largest absolute Gasteiger partial charge is 0.254 e. The molecule has 0 aromatic carbocycles. The molecule has 0 unspecified atom stereocenters. The van der Waals surface area contributed by atoms with Gasteiger partial charge in [0.05, 0.1) is 5.69 Å². The summed E-state index contributed by atoms with van der Waals surface area (Å²) in [6.45, 7) is 4.08. The number of hydrogen-bond donors (Lipinski definition) is 0. The number of nitrogens with zero attached hydrogens (tertiary/aromatic N) is 2. The lowest BCUT2D eigenvalue weighted by Gasteiger charge is -2.26. The molecule has 102 valence electrons. The number of thiazole rings is 1. The zero-order valence-electron chi connectivity index (χ0n) is 10.5. The van der Waals surface area contributed by atoms with Crippen molar-refractivity contribution in [3.05, 3.63) is 10.2 Å². The third-order valence-corrected chi connectivity index (χ3v) is 7.19. The smallest absolute Gasteiger partial charge is 0.229 e. The molecular weight excluding hydrogens is 292 g/mol. The lowest BCUT2D eigenvalue weighted by atomic mass is 10.2. The van der Waals surface area contributed by atoms with Crippen LogP contribution in [0.5, 0.6) is 0 Å². The van der Waals surface area contributed by atoms with Gasteiger partial charge < -0.3 is 0 Å². The van der Waals surface area contributed by atoms with Gasteiger partial charge in [-0.1, -0.05) is 42.7 Å². The van der Waals surface area contributed by atoms with Crippen molar-refractivity contribution < 1.29 is 8.42 Å². The van der Waals surface area contributed by atoms with Gasteiger partial charge in [0.15, 0.2) is 8.68 Å². The molecular formula is C11H17ClN2O2S2. The van der Waals surface area contributed by atoms with E-state index in [-0.39, 0.29) is 10.5 Å². The molecule has 18 heavy (non-hydrogen) atoms. The van der Waals surface area contributed by atoms with Gasteiger partial charge in [0.1, 0.15) is 0 Å². The van der Waals surface area contributed by atoms with Gasteiger partial charge in [0.2, 0.25) is 0 Å². The van der Waals surface area contributed by atoms with Gasteiger partial charge in [-0.3, -0.25) is 0 Å². The van der Waals surface area contributed by atoms with Gasteiger partial charge >= 0.3 is 0 Å². The molecule has 0 N–H and O–H groups in total. The molecule has 1 aromatic heterocycles. The van der Waals surface area contributed by atoms with Crippen LogP contribution in [0.3, 0.4) is 0 Å². The molecule has 1 fully saturated rings. The lowest BCUT2D eigenvalue weighted by Crippen LogP contribution is -2.38. The zero-order valence-corrected chi connectivity index (χ0v) is 12.9. The van der Waals surface area contributed by atoms with Gasteiger partial charge in [-0.15, -0.1) is 0 Å². The maximum atomic E-state index is 12.6. The average molecular weight is 309 g/mol. The SMILES string of the molecule is CCN(C1CCCC1)S(=O)(=O)c1sc(Cl)nc1C. The van der Waals surface area contributed by atoms with E-state index in [4.69, 9.17) is 11.6 Å². The minimum Gasteiger partial charge on any atom is -0.229 e. The van der Waals surface area contributed by atoms with Crippen molar-refractivity contribution in [3.8, 4) is 0 Å². The van der Waals surface area contributed by atoms with E-state index in [1.807, 2.05) is 6.92 Å². The minimum absolute atomic E-state index is 0.139. The Bertz CT molecular complexity index is 521. The Morgan fingerprint density at radius 1 is 1.44 bits per heavy atom. The summed E-state index contributed by atoms with van der Waals surface area (Å²) in [4.78, 5) is 4.00. The predicted molar refractivity (Wildman–Crippen MR) is 73.7 cm³/mol. The van der Waals surface area contributed by atoms with E-state index in [9.17, 15) is 8.42 Å². The van der Waals surface area contributed by atoms with Crippen LogP contribution in [0, 0.1) is 6.92 Å². The maximum Gasteiger partial charge on any atom is 0.254 e. The molecule has 0 atom stereocenters. The molecule has 2 rings (SSSR count). The number of halogens is 1. The molecule has 0 saturated heterocycles. The Kier molecular flexibility index (Phi) is 4.31. The van der Waals surface area contributed by atoms with Gasteiger partial charge in [-0.25, -0.2) is 13.4 Å². The van der Waals surface area contributed by atoms with Crippen LogP contribution in [-0.4, -0.2) is 30.3 Å². The molecule has 1 aromatic rings. The average Bonchev–Trinajstić information content (AvgIpc) is 2.89. The molecule has 7 heteroatoms. The van der Waals surface area contributed by atoms with Crippen molar-refractivity contribution >= 4 is 33.0 Å². The van der Waals surface area contributed by atoms with Crippen LogP contribution in [0.15, 0.2) is 4.21 Å². The maximum absolute atomic E-state index is 12.6. The molecule has 0 spiro atoms. The highest BCUT2D eigenvalue weighted by Crippen LogP contribution is 2.33. The van der Waals surface area contributed by atoms with Crippen molar-refractivity contribution in [2.45, 2.75) is 49.8 Å². The van der Waals surface area contributed by atoms with E-state index in [1.165, 1.54) is 0 Å². The summed E-state index contributed by atoms with van der Waals surface area (Å²) in [6.07, 6.45) is 4.13. The van der Waals surface area contributed by atoms with Gasteiger partial charge in [0, 0.05) is 12.6 Å². The van der Waals surface area contributed by atoms with Gasteiger partial charge in [-0.05, 0) is 19.8 Å².